The molecular weight excluding hydrogens is 248 g/mol. The highest BCUT2D eigenvalue weighted by molar-refractivity contribution is 7.91. The molecule has 1 aromatic heterocycles. The number of H-pyrrole nitrogens is 1. The van der Waals surface area contributed by atoms with Crippen LogP contribution in [0.15, 0.2) is 12.1 Å². The van der Waals surface area contributed by atoms with Gasteiger partial charge in [0, 0.05) is 6.26 Å². The average molecular weight is 266 g/mol. The number of hydrogen-bond donors (Lipinski definition) is 1. The molecule has 0 aliphatic carbocycles. The minimum atomic E-state index is -3.22. The van der Waals surface area contributed by atoms with Crippen molar-refractivity contribution in [3.63, 3.8) is 0 Å². The summed E-state index contributed by atoms with van der Waals surface area (Å²) in [5.74, 6) is 0.494. The number of aromatic amines is 1. The first-order valence-corrected chi connectivity index (χ1v) is 7.69. The molecule has 0 bridgehead atoms. The van der Waals surface area contributed by atoms with E-state index in [1.165, 1.54) is 6.26 Å². The molecule has 1 aromatic carbocycles. The van der Waals surface area contributed by atoms with Gasteiger partial charge in [-0.3, -0.25) is 0 Å². The summed E-state index contributed by atoms with van der Waals surface area (Å²) in [5, 5.41) is 0. The van der Waals surface area contributed by atoms with Crippen molar-refractivity contribution in [3.05, 3.63) is 29.1 Å². The van der Waals surface area contributed by atoms with Crippen molar-refractivity contribution in [1.29, 1.82) is 0 Å². The molecular formula is C13H18N2O2S. The van der Waals surface area contributed by atoms with Gasteiger partial charge < -0.3 is 4.98 Å². The van der Waals surface area contributed by atoms with Crippen LogP contribution in [0.4, 0.5) is 0 Å². The molecule has 1 heterocycles. The minimum absolute atomic E-state index is 0.494. The molecule has 98 valence electrons. The van der Waals surface area contributed by atoms with Crippen molar-refractivity contribution in [2.45, 2.75) is 32.4 Å². The summed E-state index contributed by atoms with van der Waals surface area (Å²) in [6.45, 7) is 7.33. The first-order chi connectivity index (χ1) is 8.13. The van der Waals surface area contributed by atoms with E-state index in [0.29, 0.717) is 5.82 Å². The van der Waals surface area contributed by atoms with E-state index in [4.69, 9.17) is 0 Å². The molecule has 0 spiro atoms. The van der Waals surface area contributed by atoms with Gasteiger partial charge in [0.05, 0.1) is 11.0 Å². The second-order valence-corrected chi connectivity index (χ2v) is 7.91. The van der Waals surface area contributed by atoms with Crippen molar-refractivity contribution < 1.29 is 8.42 Å². The van der Waals surface area contributed by atoms with Crippen molar-refractivity contribution in [2.24, 2.45) is 0 Å². The predicted molar refractivity (Wildman–Crippen MR) is 73.4 cm³/mol. The molecule has 1 N–H and O–H groups in total. The number of rotatable bonds is 2. The molecule has 2 rings (SSSR count). The van der Waals surface area contributed by atoms with Gasteiger partial charge in [-0.25, -0.2) is 13.4 Å². The summed E-state index contributed by atoms with van der Waals surface area (Å²) in [4.78, 5) is 7.59. The number of hydrogen-bond acceptors (Lipinski definition) is 3. The Hall–Kier alpha value is -1.36. The van der Waals surface area contributed by atoms with Gasteiger partial charge in [-0.15, -0.1) is 0 Å². The molecule has 5 heteroatoms. The van der Waals surface area contributed by atoms with Crippen molar-refractivity contribution in [1.82, 2.24) is 9.97 Å². The Kier molecular flexibility index (Phi) is 2.77. The van der Waals surface area contributed by atoms with E-state index in [1.54, 1.807) is 13.8 Å². The Balaban J connectivity index is 2.72. The first-order valence-electron chi connectivity index (χ1n) is 5.80. The Labute approximate surface area is 107 Å². The summed E-state index contributed by atoms with van der Waals surface area (Å²) in [6.07, 6.45) is 1.23. The van der Waals surface area contributed by atoms with E-state index < -0.39 is 14.6 Å². The van der Waals surface area contributed by atoms with Gasteiger partial charge in [-0.1, -0.05) is 6.07 Å². The van der Waals surface area contributed by atoms with E-state index in [0.717, 1.165) is 22.2 Å². The maximum Gasteiger partial charge on any atom is 0.159 e. The van der Waals surface area contributed by atoms with Crippen molar-refractivity contribution >= 4 is 20.9 Å². The van der Waals surface area contributed by atoms with E-state index >= 15 is 0 Å². The third-order valence-corrected chi connectivity index (χ3v) is 5.47. The van der Waals surface area contributed by atoms with Crippen molar-refractivity contribution in [3.8, 4) is 0 Å². The minimum Gasteiger partial charge on any atom is -0.341 e. The molecule has 0 aliphatic heterocycles. The summed E-state index contributed by atoms with van der Waals surface area (Å²) < 4.78 is 22.6. The van der Waals surface area contributed by atoms with Gasteiger partial charge in [-0.2, -0.15) is 0 Å². The third-order valence-electron chi connectivity index (χ3n) is 3.42. The lowest BCUT2D eigenvalue weighted by Gasteiger charge is -2.19. The van der Waals surface area contributed by atoms with E-state index in [1.807, 2.05) is 26.0 Å². The van der Waals surface area contributed by atoms with Crippen molar-refractivity contribution in [2.75, 3.05) is 6.26 Å². The van der Waals surface area contributed by atoms with Gasteiger partial charge in [0.25, 0.3) is 0 Å². The highest BCUT2D eigenvalue weighted by Gasteiger charge is 2.35. The van der Waals surface area contributed by atoms with Crippen LogP contribution < -0.4 is 0 Å². The zero-order chi connectivity index (χ0) is 13.7. The number of nitrogens with one attached hydrogen (secondary N) is 1. The smallest absolute Gasteiger partial charge is 0.159 e. The third kappa shape index (κ3) is 1.92. The van der Waals surface area contributed by atoms with Crippen LogP contribution >= 0.6 is 0 Å². The molecule has 18 heavy (non-hydrogen) atoms. The summed E-state index contributed by atoms with van der Waals surface area (Å²) in [5.41, 5.74) is 3.91. The molecule has 0 saturated carbocycles. The molecule has 4 nitrogen and oxygen atoms in total. The van der Waals surface area contributed by atoms with Crippen LogP contribution in [0.3, 0.4) is 0 Å². The fraction of sp³-hybridized carbons (Fsp3) is 0.462. The molecule has 0 saturated heterocycles. The fourth-order valence-corrected chi connectivity index (χ4v) is 2.38. The normalized spacial score (nSPS) is 13.2. The maximum atomic E-state index is 11.8. The van der Waals surface area contributed by atoms with Gasteiger partial charge in [0.15, 0.2) is 9.84 Å². The Morgan fingerprint density at radius 1 is 1.22 bits per heavy atom. The molecule has 0 radical (unpaired) electrons. The lowest BCUT2D eigenvalue weighted by Crippen LogP contribution is -2.29. The van der Waals surface area contributed by atoms with Crippen LogP contribution in [0.2, 0.25) is 0 Å². The largest absolute Gasteiger partial charge is 0.341 e. The van der Waals surface area contributed by atoms with Gasteiger partial charge in [0.2, 0.25) is 0 Å². The summed E-state index contributed by atoms with van der Waals surface area (Å²) in [7, 11) is -3.22. The topological polar surface area (TPSA) is 62.8 Å². The van der Waals surface area contributed by atoms with Crippen LogP contribution in [-0.4, -0.2) is 24.6 Å². The predicted octanol–water partition coefficient (Wildman–Crippen LogP) is 2.46. The lowest BCUT2D eigenvalue weighted by molar-refractivity contribution is 0.552. The molecule has 0 fully saturated rings. The lowest BCUT2D eigenvalue weighted by atomic mass is 10.1. The number of nitrogens with zero attached hydrogens (tertiary/aromatic N) is 1. The number of fused-ring (bicyclic) bond motifs is 1. The quantitative estimate of drug-likeness (QED) is 0.908. The number of imidazole rings is 1. The van der Waals surface area contributed by atoms with Crippen LogP contribution in [0.1, 0.15) is 30.8 Å². The van der Waals surface area contributed by atoms with Crippen LogP contribution in [0.5, 0.6) is 0 Å². The highest BCUT2D eigenvalue weighted by atomic mass is 32.2. The molecule has 2 aromatic rings. The average Bonchev–Trinajstić information content (AvgIpc) is 2.59. The fourth-order valence-electron chi connectivity index (χ4n) is 1.93. The highest BCUT2D eigenvalue weighted by Crippen LogP contribution is 2.29. The second-order valence-electron chi connectivity index (χ2n) is 5.35. The van der Waals surface area contributed by atoms with Gasteiger partial charge in [-0.05, 0) is 44.9 Å². The Bertz CT molecular complexity index is 712. The number of aromatic nitrogens is 2. The standard InChI is InChI=1S/C13H18N2O2S/c1-8-6-9(2)11-10(7-8)14-12(15-11)13(3,4)18(5,16)17/h6-7H,1-5H3,(H,14,15). The molecule has 0 amide bonds. The Morgan fingerprint density at radius 2 is 1.83 bits per heavy atom. The zero-order valence-electron chi connectivity index (χ0n) is 11.3. The monoisotopic (exact) mass is 266 g/mol. The van der Waals surface area contributed by atoms with Crippen LogP contribution in [0.25, 0.3) is 11.0 Å². The van der Waals surface area contributed by atoms with E-state index in [2.05, 4.69) is 9.97 Å². The number of aryl methyl sites for hydroxylation is 2. The Morgan fingerprint density at radius 3 is 2.39 bits per heavy atom. The van der Waals surface area contributed by atoms with Crippen LogP contribution in [-0.2, 0) is 14.6 Å². The molecule has 0 aliphatic rings. The summed E-state index contributed by atoms with van der Waals surface area (Å²) in [6, 6.07) is 4.03. The first kappa shape index (κ1) is 13.1. The van der Waals surface area contributed by atoms with Gasteiger partial charge >= 0.3 is 0 Å². The van der Waals surface area contributed by atoms with E-state index in [9.17, 15) is 8.42 Å². The zero-order valence-corrected chi connectivity index (χ0v) is 12.1. The SMILES string of the molecule is Cc1cc(C)c2nc(C(C)(C)S(C)(=O)=O)[nH]c2c1. The number of sulfone groups is 1. The second kappa shape index (κ2) is 3.82. The number of benzene rings is 1. The maximum absolute atomic E-state index is 11.8. The van der Waals surface area contributed by atoms with Crippen LogP contribution in [0, 0.1) is 13.8 Å². The summed E-state index contributed by atoms with van der Waals surface area (Å²) >= 11 is 0. The molecule has 0 atom stereocenters. The molecule has 0 unspecified atom stereocenters. The van der Waals surface area contributed by atoms with E-state index in [-0.39, 0.29) is 0 Å². The van der Waals surface area contributed by atoms with Gasteiger partial charge in [0.1, 0.15) is 10.6 Å².